The first-order valence-corrected chi connectivity index (χ1v) is 12.1. The van der Waals surface area contributed by atoms with Crippen LogP contribution in [0.25, 0.3) is 11.0 Å². The topological polar surface area (TPSA) is 50.2 Å². The molecule has 0 radical (unpaired) electrons. The smallest absolute Gasteiger partial charge is 0.216 e. The Morgan fingerprint density at radius 2 is 1.72 bits per heavy atom. The third-order valence-electron chi connectivity index (χ3n) is 7.60. The van der Waals surface area contributed by atoms with Crippen molar-refractivity contribution < 1.29 is 4.79 Å². The minimum atomic E-state index is 0.0507. The van der Waals surface area contributed by atoms with Gasteiger partial charge in [-0.15, -0.1) is 0 Å². The fraction of sp³-hybridized carbons (Fsp3) is 0.481. The maximum atomic E-state index is 11.5. The van der Waals surface area contributed by atoms with Gasteiger partial charge in [0.15, 0.2) is 0 Å². The molecule has 3 heterocycles. The predicted octanol–water partition coefficient (Wildman–Crippen LogP) is 4.82. The van der Waals surface area contributed by atoms with E-state index in [0.29, 0.717) is 30.6 Å². The zero-order valence-electron chi connectivity index (χ0n) is 19.2. The van der Waals surface area contributed by atoms with Gasteiger partial charge in [0.1, 0.15) is 5.82 Å². The zero-order chi connectivity index (χ0) is 22.1. The molecule has 2 aliphatic rings. The van der Waals surface area contributed by atoms with E-state index in [4.69, 9.17) is 4.98 Å². The van der Waals surface area contributed by atoms with E-state index in [0.717, 1.165) is 24.3 Å². The maximum Gasteiger partial charge on any atom is 0.216 e. The minimum absolute atomic E-state index is 0.0507. The molecule has 5 heteroatoms. The summed E-state index contributed by atoms with van der Waals surface area (Å²) in [5.41, 5.74) is 3.72. The first-order chi connectivity index (χ1) is 15.6. The molecule has 0 saturated carbocycles. The number of nitrogens with zero attached hydrogens (tertiary/aromatic N) is 3. The Hall–Kier alpha value is -2.66. The molecule has 0 aliphatic carbocycles. The third kappa shape index (κ3) is 4.18. The normalized spacial score (nSPS) is 24.0. The van der Waals surface area contributed by atoms with Crippen LogP contribution in [0.5, 0.6) is 0 Å². The Morgan fingerprint density at radius 1 is 1.03 bits per heavy atom. The number of fused-ring (bicyclic) bond motifs is 3. The van der Waals surface area contributed by atoms with Gasteiger partial charge in [-0.05, 0) is 63.3 Å². The number of piperidine rings is 1. The number of benzene rings is 2. The van der Waals surface area contributed by atoms with Crippen LogP contribution in [-0.2, 0) is 4.79 Å². The molecule has 1 amide bonds. The highest BCUT2D eigenvalue weighted by molar-refractivity contribution is 5.76. The molecule has 2 fully saturated rings. The molecular formula is C27H34N4O. The molecule has 2 bridgehead atoms. The predicted molar refractivity (Wildman–Crippen MR) is 129 cm³/mol. The summed E-state index contributed by atoms with van der Waals surface area (Å²) >= 11 is 0. The van der Waals surface area contributed by atoms with Crippen LogP contribution in [-0.4, -0.2) is 45.5 Å². The molecule has 3 aromatic rings. The van der Waals surface area contributed by atoms with E-state index in [-0.39, 0.29) is 5.91 Å². The molecule has 1 aromatic heterocycles. The van der Waals surface area contributed by atoms with Crippen molar-refractivity contribution in [3.63, 3.8) is 0 Å². The molecular weight excluding hydrogens is 396 g/mol. The van der Waals surface area contributed by atoms with Gasteiger partial charge in [-0.2, -0.15) is 0 Å². The highest BCUT2D eigenvalue weighted by atomic mass is 16.1. The number of amides is 1. The maximum absolute atomic E-state index is 11.5. The summed E-state index contributed by atoms with van der Waals surface area (Å²) in [7, 11) is 0. The van der Waals surface area contributed by atoms with Crippen LogP contribution in [0, 0.1) is 6.92 Å². The van der Waals surface area contributed by atoms with Crippen molar-refractivity contribution >= 4 is 16.9 Å². The van der Waals surface area contributed by atoms with Crippen LogP contribution >= 0.6 is 0 Å². The SMILES string of the molecule is CC(=O)NCC(CCN1[C@@H]2CC[C@H]1CC(n1c(C)nc3ccccc31)C2)c1ccccc1. The third-order valence-corrected chi connectivity index (χ3v) is 7.60. The van der Waals surface area contributed by atoms with Gasteiger partial charge in [0.25, 0.3) is 0 Å². The number of carbonyl (C=O) groups excluding carboxylic acids is 1. The van der Waals surface area contributed by atoms with E-state index in [2.05, 4.69) is 76.3 Å². The monoisotopic (exact) mass is 430 g/mol. The molecule has 2 saturated heterocycles. The molecule has 2 aliphatic heterocycles. The summed E-state index contributed by atoms with van der Waals surface area (Å²) in [5.74, 6) is 1.55. The number of hydrogen-bond donors (Lipinski definition) is 1. The number of para-hydroxylation sites is 2. The summed E-state index contributed by atoms with van der Waals surface area (Å²) in [4.78, 5) is 19.1. The highest BCUT2D eigenvalue weighted by Gasteiger charge is 2.41. The second-order valence-corrected chi connectivity index (χ2v) is 9.60. The molecule has 2 unspecified atom stereocenters. The second kappa shape index (κ2) is 9.07. The van der Waals surface area contributed by atoms with Crippen LogP contribution in [0.1, 0.15) is 62.4 Å². The van der Waals surface area contributed by atoms with Gasteiger partial charge in [0, 0.05) is 37.5 Å². The van der Waals surface area contributed by atoms with Gasteiger partial charge in [-0.25, -0.2) is 4.98 Å². The average Bonchev–Trinajstić information content (AvgIpc) is 3.25. The molecule has 168 valence electrons. The van der Waals surface area contributed by atoms with Crippen LogP contribution in [0.2, 0.25) is 0 Å². The van der Waals surface area contributed by atoms with Gasteiger partial charge in [-0.3, -0.25) is 9.69 Å². The Kier molecular flexibility index (Phi) is 6.01. The number of rotatable bonds is 7. The lowest BCUT2D eigenvalue weighted by atomic mass is 9.92. The molecule has 0 spiro atoms. The number of aromatic nitrogens is 2. The lowest BCUT2D eigenvalue weighted by Crippen LogP contribution is -2.44. The average molecular weight is 431 g/mol. The van der Waals surface area contributed by atoms with Crippen LogP contribution in [0.15, 0.2) is 54.6 Å². The molecule has 5 nitrogen and oxygen atoms in total. The van der Waals surface area contributed by atoms with Gasteiger partial charge in [0.2, 0.25) is 5.91 Å². The quantitative estimate of drug-likeness (QED) is 0.584. The van der Waals surface area contributed by atoms with E-state index >= 15 is 0 Å². The van der Waals surface area contributed by atoms with Crippen molar-refractivity contribution in [2.45, 2.75) is 70.0 Å². The Bertz CT molecular complexity index is 1060. The summed E-state index contributed by atoms with van der Waals surface area (Å²) < 4.78 is 2.50. The fourth-order valence-electron chi connectivity index (χ4n) is 6.13. The number of aryl methyl sites for hydroxylation is 1. The summed E-state index contributed by atoms with van der Waals surface area (Å²) in [6, 6.07) is 21.0. The van der Waals surface area contributed by atoms with Crippen LogP contribution in [0.3, 0.4) is 0 Å². The second-order valence-electron chi connectivity index (χ2n) is 9.60. The van der Waals surface area contributed by atoms with Gasteiger partial charge in [-0.1, -0.05) is 42.5 Å². The molecule has 1 N–H and O–H groups in total. The summed E-state index contributed by atoms with van der Waals surface area (Å²) in [5, 5.41) is 3.05. The Labute approximate surface area is 190 Å². The molecule has 5 rings (SSSR count). The Morgan fingerprint density at radius 3 is 2.44 bits per heavy atom. The van der Waals surface area contributed by atoms with E-state index in [1.54, 1.807) is 6.92 Å². The molecule has 2 aromatic carbocycles. The summed E-state index contributed by atoms with van der Waals surface area (Å²) in [6.07, 6.45) is 6.09. The number of nitrogens with one attached hydrogen (secondary N) is 1. The minimum Gasteiger partial charge on any atom is -0.356 e. The number of carbonyl (C=O) groups is 1. The first-order valence-electron chi connectivity index (χ1n) is 12.1. The van der Waals surface area contributed by atoms with E-state index in [1.807, 2.05) is 0 Å². The Balaban J connectivity index is 1.28. The lowest BCUT2D eigenvalue weighted by molar-refractivity contribution is -0.119. The van der Waals surface area contributed by atoms with Crippen molar-refractivity contribution in [3.05, 3.63) is 66.0 Å². The number of imidazole rings is 1. The van der Waals surface area contributed by atoms with Crippen molar-refractivity contribution in [3.8, 4) is 0 Å². The van der Waals surface area contributed by atoms with Crippen molar-refractivity contribution in [1.29, 1.82) is 0 Å². The lowest BCUT2D eigenvalue weighted by Gasteiger charge is -2.40. The summed E-state index contributed by atoms with van der Waals surface area (Å²) in [6.45, 7) is 5.58. The number of hydrogen-bond acceptors (Lipinski definition) is 3. The van der Waals surface area contributed by atoms with Crippen LogP contribution < -0.4 is 5.32 Å². The molecule has 4 atom stereocenters. The highest BCUT2D eigenvalue weighted by Crippen LogP contribution is 2.42. The van der Waals surface area contributed by atoms with Crippen molar-refractivity contribution in [2.24, 2.45) is 0 Å². The van der Waals surface area contributed by atoms with Crippen LogP contribution in [0.4, 0.5) is 0 Å². The van der Waals surface area contributed by atoms with Crippen molar-refractivity contribution in [2.75, 3.05) is 13.1 Å². The van der Waals surface area contributed by atoms with Gasteiger partial charge in [0.05, 0.1) is 11.0 Å². The van der Waals surface area contributed by atoms with Gasteiger partial charge < -0.3 is 9.88 Å². The molecule has 32 heavy (non-hydrogen) atoms. The van der Waals surface area contributed by atoms with Gasteiger partial charge >= 0.3 is 0 Å². The first kappa shape index (κ1) is 21.2. The fourth-order valence-corrected chi connectivity index (χ4v) is 6.13. The van der Waals surface area contributed by atoms with E-state index in [9.17, 15) is 4.79 Å². The van der Waals surface area contributed by atoms with E-state index < -0.39 is 0 Å². The largest absolute Gasteiger partial charge is 0.356 e. The standard InChI is InChI=1S/C27H34N4O/c1-19-29-26-10-6-7-11-27(26)31(19)25-16-23-12-13-24(17-25)30(23)15-14-22(18-28-20(2)32)21-8-4-3-5-9-21/h3-11,22-25H,12-18H2,1-2H3,(H,28,32)/t22?,23-,24+,25?. The zero-order valence-corrected chi connectivity index (χ0v) is 19.2. The van der Waals surface area contributed by atoms with E-state index in [1.165, 1.54) is 36.8 Å². The van der Waals surface area contributed by atoms with Crippen molar-refractivity contribution in [1.82, 2.24) is 19.8 Å².